The summed E-state index contributed by atoms with van der Waals surface area (Å²) in [6, 6.07) is 8.71. The molecule has 0 amide bonds. The molecule has 2 aromatic rings. The molecule has 0 N–H and O–H groups in total. The predicted molar refractivity (Wildman–Crippen MR) is 66.8 cm³/mol. The molecule has 0 saturated carbocycles. The fraction of sp³-hybridized carbons (Fsp3) is 0.308. The first-order valence-corrected chi connectivity index (χ1v) is 6.43. The molecule has 16 heavy (non-hydrogen) atoms. The van der Waals surface area contributed by atoms with E-state index in [0.29, 0.717) is 5.25 Å². The van der Waals surface area contributed by atoms with Gasteiger partial charge < -0.3 is 4.57 Å². The van der Waals surface area contributed by atoms with Gasteiger partial charge in [-0.1, -0.05) is 18.2 Å². The first-order chi connectivity index (χ1) is 7.83. The molecule has 0 bridgehead atoms. The zero-order valence-electron chi connectivity index (χ0n) is 9.26. The second-order valence-corrected chi connectivity index (χ2v) is 5.52. The maximum atomic E-state index is 4.26. The van der Waals surface area contributed by atoms with E-state index >= 15 is 0 Å². The normalized spacial score (nSPS) is 18.7. The van der Waals surface area contributed by atoms with Gasteiger partial charge >= 0.3 is 0 Å². The quantitative estimate of drug-likeness (QED) is 0.789. The largest absolute Gasteiger partial charge is 0.334 e. The highest BCUT2D eigenvalue weighted by atomic mass is 32.2. The summed E-state index contributed by atoms with van der Waals surface area (Å²) in [7, 11) is 0. The van der Waals surface area contributed by atoms with E-state index in [2.05, 4.69) is 46.9 Å². The van der Waals surface area contributed by atoms with Gasteiger partial charge in [-0.2, -0.15) is 0 Å². The summed E-state index contributed by atoms with van der Waals surface area (Å²) >= 11 is 1.99. The summed E-state index contributed by atoms with van der Waals surface area (Å²) in [6.07, 6.45) is 5.12. The van der Waals surface area contributed by atoms with Crippen LogP contribution in [0, 0.1) is 6.92 Å². The van der Waals surface area contributed by atoms with Gasteiger partial charge in [-0.05, 0) is 25.0 Å². The lowest BCUT2D eigenvalue weighted by atomic mass is 10.1. The Morgan fingerprint density at radius 2 is 2.31 bits per heavy atom. The van der Waals surface area contributed by atoms with Crippen molar-refractivity contribution in [2.75, 3.05) is 0 Å². The highest BCUT2D eigenvalue weighted by Crippen LogP contribution is 2.37. The van der Waals surface area contributed by atoms with E-state index in [1.165, 1.54) is 16.9 Å². The average Bonchev–Trinajstić information content (AvgIpc) is 2.85. The topological polar surface area (TPSA) is 17.8 Å². The second-order valence-electron chi connectivity index (χ2n) is 4.18. The number of nitrogens with zero attached hydrogens (tertiary/aromatic N) is 2. The molecule has 1 aromatic carbocycles. The molecule has 0 saturated heterocycles. The summed E-state index contributed by atoms with van der Waals surface area (Å²) in [5, 5.41) is 0.658. The van der Waals surface area contributed by atoms with Gasteiger partial charge in [-0.3, -0.25) is 0 Å². The van der Waals surface area contributed by atoms with E-state index in [9.17, 15) is 0 Å². The molecular formula is C13H14N2S. The summed E-state index contributed by atoms with van der Waals surface area (Å²) in [6.45, 7) is 3.12. The Kier molecular flexibility index (Phi) is 2.48. The van der Waals surface area contributed by atoms with Crippen LogP contribution in [0.3, 0.4) is 0 Å². The first-order valence-electron chi connectivity index (χ1n) is 5.55. The van der Waals surface area contributed by atoms with E-state index in [-0.39, 0.29) is 0 Å². The van der Waals surface area contributed by atoms with Gasteiger partial charge in [-0.15, -0.1) is 11.8 Å². The van der Waals surface area contributed by atoms with Crippen LogP contribution < -0.4 is 0 Å². The number of imidazole rings is 1. The van der Waals surface area contributed by atoms with Gasteiger partial charge in [0, 0.05) is 29.1 Å². The van der Waals surface area contributed by atoms with Crippen molar-refractivity contribution in [1.82, 2.24) is 9.55 Å². The molecule has 2 heterocycles. The fourth-order valence-electron chi connectivity index (χ4n) is 2.17. The third-order valence-electron chi connectivity index (χ3n) is 3.04. The van der Waals surface area contributed by atoms with Crippen LogP contribution in [0.25, 0.3) is 0 Å². The summed E-state index contributed by atoms with van der Waals surface area (Å²) in [5.41, 5.74) is 1.50. The van der Waals surface area contributed by atoms with Crippen LogP contribution >= 0.6 is 11.8 Å². The molecule has 1 atom stereocenters. The molecule has 82 valence electrons. The van der Waals surface area contributed by atoms with Crippen LogP contribution in [-0.2, 0) is 13.0 Å². The van der Waals surface area contributed by atoms with Crippen LogP contribution in [0.2, 0.25) is 0 Å². The summed E-state index contributed by atoms with van der Waals surface area (Å²) in [5.74, 6) is 1.11. The Morgan fingerprint density at radius 3 is 3.06 bits per heavy atom. The van der Waals surface area contributed by atoms with Crippen molar-refractivity contribution in [3.8, 4) is 0 Å². The number of hydrogen-bond donors (Lipinski definition) is 0. The SMILES string of the molecule is Cc1nccn1CC1Cc2ccccc2S1. The number of thioether (sulfide) groups is 1. The monoisotopic (exact) mass is 230 g/mol. The van der Waals surface area contributed by atoms with Gasteiger partial charge in [0.15, 0.2) is 0 Å². The zero-order chi connectivity index (χ0) is 11.0. The minimum atomic E-state index is 0.658. The zero-order valence-corrected chi connectivity index (χ0v) is 10.1. The Bertz CT molecular complexity index is 479. The average molecular weight is 230 g/mol. The van der Waals surface area contributed by atoms with E-state index in [1.807, 2.05) is 18.0 Å². The van der Waals surface area contributed by atoms with Gasteiger partial charge in [0.05, 0.1) is 0 Å². The molecule has 0 spiro atoms. The molecule has 0 aliphatic carbocycles. The maximum Gasteiger partial charge on any atom is 0.105 e. The van der Waals surface area contributed by atoms with Gasteiger partial charge in [0.2, 0.25) is 0 Å². The van der Waals surface area contributed by atoms with E-state index in [1.54, 1.807) is 0 Å². The van der Waals surface area contributed by atoms with Crippen molar-refractivity contribution in [3.63, 3.8) is 0 Å². The number of aryl methyl sites for hydroxylation is 1. The van der Waals surface area contributed by atoms with Crippen molar-refractivity contribution in [3.05, 3.63) is 48.0 Å². The molecule has 1 aromatic heterocycles. The van der Waals surface area contributed by atoms with Crippen LogP contribution in [0.1, 0.15) is 11.4 Å². The Balaban J connectivity index is 1.75. The second kappa shape index (κ2) is 3.98. The lowest BCUT2D eigenvalue weighted by molar-refractivity contribution is 0.645. The first kappa shape index (κ1) is 9.97. The van der Waals surface area contributed by atoms with Crippen molar-refractivity contribution >= 4 is 11.8 Å². The summed E-state index contributed by atoms with van der Waals surface area (Å²) < 4.78 is 2.24. The van der Waals surface area contributed by atoms with E-state index in [0.717, 1.165) is 12.4 Å². The number of fused-ring (bicyclic) bond motifs is 1. The fourth-order valence-corrected chi connectivity index (χ4v) is 3.49. The Morgan fingerprint density at radius 1 is 1.44 bits per heavy atom. The highest BCUT2D eigenvalue weighted by molar-refractivity contribution is 8.00. The standard InChI is InChI=1S/C13H14N2S/c1-10-14-6-7-15(10)9-12-8-11-4-2-3-5-13(11)16-12/h2-7,12H,8-9H2,1H3. The third kappa shape index (κ3) is 1.76. The third-order valence-corrected chi connectivity index (χ3v) is 4.34. The van der Waals surface area contributed by atoms with E-state index < -0.39 is 0 Å². The molecule has 3 heteroatoms. The number of rotatable bonds is 2. The molecule has 0 fully saturated rings. The minimum Gasteiger partial charge on any atom is -0.334 e. The molecule has 2 nitrogen and oxygen atoms in total. The highest BCUT2D eigenvalue weighted by Gasteiger charge is 2.22. The molecule has 1 aliphatic heterocycles. The number of benzene rings is 1. The van der Waals surface area contributed by atoms with Crippen LogP contribution in [0.15, 0.2) is 41.6 Å². The van der Waals surface area contributed by atoms with Crippen molar-refractivity contribution < 1.29 is 0 Å². The number of hydrogen-bond acceptors (Lipinski definition) is 2. The molecule has 1 unspecified atom stereocenters. The lowest BCUT2D eigenvalue weighted by Crippen LogP contribution is -2.12. The molecule has 0 radical (unpaired) electrons. The Hall–Kier alpha value is -1.22. The van der Waals surface area contributed by atoms with Crippen LogP contribution in [0.5, 0.6) is 0 Å². The van der Waals surface area contributed by atoms with Crippen LogP contribution in [0.4, 0.5) is 0 Å². The Labute approximate surface area is 99.7 Å². The van der Waals surface area contributed by atoms with Gasteiger partial charge in [0.25, 0.3) is 0 Å². The maximum absolute atomic E-state index is 4.26. The molecule has 1 aliphatic rings. The lowest BCUT2D eigenvalue weighted by Gasteiger charge is -2.10. The number of aromatic nitrogens is 2. The van der Waals surface area contributed by atoms with Gasteiger partial charge in [0.1, 0.15) is 5.82 Å². The minimum absolute atomic E-state index is 0.658. The van der Waals surface area contributed by atoms with Crippen molar-refractivity contribution in [1.29, 1.82) is 0 Å². The van der Waals surface area contributed by atoms with Gasteiger partial charge in [-0.25, -0.2) is 4.98 Å². The smallest absolute Gasteiger partial charge is 0.105 e. The van der Waals surface area contributed by atoms with Crippen molar-refractivity contribution in [2.45, 2.75) is 30.0 Å². The molecular weight excluding hydrogens is 216 g/mol. The van der Waals surface area contributed by atoms with E-state index in [4.69, 9.17) is 0 Å². The van der Waals surface area contributed by atoms with Crippen molar-refractivity contribution in [2.24, 2.45) is 0 Å². The summed E-state index contributed by atoms with van der Waals surface area (Å²) in [4.78, 5) is 5.71. The van der Waals surface area contributed by atoms with Crippen LogP contribution in [-0.4, -0.2) is 14.8 Å². The predicted octanol–water partition coefficient (Wildman–Crippen LogP) is 2.91. The molecule has 3 rings (SSSR count).